The highest BCUT2D eigenvalue weighted by atomic mass is 15.0. The third-order valence-corrected chi connectivity index (χ3v) is 2.96. The molecule has 70 valence electrons. The van der Waals surface area contributed by atoms with E-state index in [-0.39, 0.29) is 0 Å². The normalized spacial score (nSPS) is 19.5. The summed E-state index contributed by atoms with van der Waals surface area (Å²) in [6, 6.07) is 10.8. The van der Waals surface area contributed by atoms with Crippen LogP contribution >= 0.6 is 0 Å². The van der Waals surface area contributed by atoms with E-state index >= 15 is 0 Å². The third kappa shape index (κ3) is 2.10. The summed E-state index contributed by atoms with van der Waals surface area (Å²) >= 11 is 0. The van der Waals surface area contributed by atoms with Crippen LogP contribution in [0.3, 0.4) is 0 Å². The van der Waals surface area contributed by atoms with Crippen LogP contribution < -0.4 is 5.32 Å². The van der Waals surface area contributed by atoms with Gasteiger partial charge in [-0.2, -0.15) is 0 Å². The number of nitrogens with one attached hydrogen (secondary N) is 1. The van der Waals surface area contributed by atoms with E-state index in [9.17, 15) is 0 Å². The summed E-state index contributed by atoms with van der Waals surface area (Å²) in [7, 11) is 0. The lowest BCUT2D eigenvalue weighted by atomic mass is 9.79. The standard InChI is InChI=1S/C12H17N/c1-12(9-13-10-12)8-7-11-5-3-2-4-6-11/h2-6,13H,7-10H2,1H3. The van der Waals surface area contributed by atoms with Gasteiger partial charge in [0.05, 0.1) is 0 Å². The van der Waals surface area contributed by atoms with Gasteiger partial charge in [-0.3, -0.25) is 0 Å². The summed E-state index contributed by atoms with van der Waals surface area (Å²) < 4.78 is 0. The molecule has 1 nitrogen and oxygen atoms in total. The highest BCUT2D eigenvalue weighted by Crippen LogP contribution is 2.27. The van der Waals surface area contributed by atoms with Crippen LogP contribution in [0.1, 0.15) is 18.9 Å². The molecule has 1 heterocycles. The molecule has 1 aromatic rings. The predicted molar refractivity (Wildman–Crippen MR) is 55.7 cm³/mol. The summed E-state index contributed by atoms with van der Waals surface area (Å²) in [6.45, 7) is 4.76. The molecule has 1 aliphatic rings. The molecule has 0 radical (unpaired) electrons. The maximum atomic E-state index is 3.34. The maximum absolute atomic E-state index is 3.34. The first-order valence-corrected chi connectivity index (χ1v) is 5.03. The SMILES string of the molecule is CC1(CCc2ccccc2)CNC1. The van der Waals surface area contributed by atoms with Crippen LogP contribution in [0.2, 0.25) is 0 Å². The van der Waals surface area contributed by atoms with Gasteiger partial charge in [0, 0.05) is 13.1 Å². The molecule has 0 unspecified atom stereocenters. The Bertz CT molecular complexity index is 262. The van der Waals surface area contributed by atoms with Crippen molar-refractivity contribution in [3.05, 3.63) is 35.9 Å². The van der Waals surface area contributed by atoms with Gasteiger partial charge in [0.15, 0.2) is 0 Å². The second-order valence-electron chi connectivity index (χ2n) is 4.40. The monoisotopic (exact) mass is 175 g/mol. The number of hydrogen-bond acceptors (Lipinski definition) is 1. The van der Waals surface area contributed by atoms with Gasteiger partial charge in [-0.05, 0) is 23.8 Å². The van der Waals surface area contributed by atoms with E-state index in [0.29, 0.717) is 5.41 Å². The number of rotatable bonds is 3. The Labute approximate surface area is 80.2 Å². The summed E-state index contributed by atoms with van der Waals surface area (Å²) in [5.74, 6) is 0. The molecule has 0 bridgehead atoms. The van der Waals surface area contributed by atoms with E-state index in [1.165, 1.54) is 31.5 Å². The van der Waals surface area contributed by atoms with Crippen LogP contribution in [0, 0.1) is 5.41 Å². The molecule has 1 heteroatoms. The van der Waals surface area contributed by atoms with E-state index in [2.05, 4.69) is 42.6 Å². The van der Waals surface area contributed by atoms with E-state index in [4.69, 9.17) is 0 Å². The zero-order chi connectivity index (χ0) is 9.15. The molecule has 1 saturated heterocycles. The molecule has 0 spiro atoms. The van der Waals surface area contributed by atoms with Crippen molar-refractivity contribution in [3.8, 4) is 0 Å². The molecular weight excluding hydrogens is 158 g/mol. The van der Waals surface area contributed by atoms with Crippen molar-refractivity contribution in [1.29, 1.82) is 0 Å². The first-order valence-electron chi connectivity index (χ1n) is 5.03. The second-order valence-corrected chi connectivity index (χ2v) is 4.40. The first-order chi connectivity index (χ1) is 6.29. The van der Waals surface area contributed by atoms with Crippen molar-refractivity contribution in [1.82, 2.24) is 5.32 Å². The van der Waals surface area contributed by atoms with Crippen LogP contribution in [-0.2, 0) is 6.42 Å². The fraction of sp³-hybridized carbons (Fsp3) is 0.500. The number of aryl methyl sites for hydroxylation is 1. The Morgan fingerprint density at radius 1 is 1.23 bits per heavy atom. The highest BCUT2D eigenvalue weighted by Gasteiger charge is 2.30. The second kappa shape index (κ2) is 3.51. The molecule has 2 rings (SSSR count). The quantitative estimate of drug-likeness (QED) is 0.743. The minimum atomic E-state index is 0.565. The minimum absolute atomic E-state index is 0.565. The van der Waals surface area contributed by atoms with Crippen molar-refractivity contribution in [2.75, 3.05) is 13.1 Å². The molecular formula is C12H17N. The van der Waals surface area contributed by atoms with Gasteiger partial charge < -0.3 is 5.32 Å². The van der Waals surface area contributed by atoms with Crippen molar-refractivity contribution in [2.24, 2.45) is 5.41 Å². The van der Waals surface area contributed by atoms with Gasteiger partial charge in [-0.1, -0.05) is 37.3 Å². The van der Waals surface area contributed by atoms with Gasteiger partial charge in [-0.15, -0.1) is 0 Å². The average Bonchev–Trinajstić information content (AvgIpc) is 2.13. The van der Waals surface area contributed by atoms with Crippen molar-refractivity contribution >= 4 is 0 Å². The summed E-state index contributed by atoms with van der Waals surface area (Å²) in [5.41, 5.74) is 2.03. The Morgan fingerprint density at radius 3 is 2.46 bits per heavy atom. The largest absolute Gasteiger partial charge is 0.316 e. The topological polar surface area (TPSA) is 12.0 Å². The Kier molecular flexibility index (Phi) is 2.36. The highest BCUT2D eigenvalue weighted by molar-refractivity contribution is 5.15. The fourth-order valence-electron chi connectivity index (χ4n) is 1.82. The molecule has 13 heavy (non-hydrogen) atoms. The van der Waals surface area contributed by atoms with E-state index in [1.54, 1.807) is 0 Å². The van der Waals surface area contributed by atoms with Crippen LogP contribution in [0.4, 0.5) is 0 Å². The number of benzene rings is 1. The number of hydrogen-bond donors (Lipinski definition) is 1. The zero-order valence-corrected chi connectivity index (χ0v) is 8.22. The van der Waals surface area contributed by atoms with E-state index < -0.39 is 0 Å². The van der Waals surface area contributed by atoms with Crippen LogP contribution in [0.15, 0.2) is 30.3 Å². The molecule has 1 aliphatic heterocycles. The Hall–Kier alpha value is -0.820. The van der Waals surface area contributed by atoms with Crippen molar-refractivity contribution < 1.29 is 0 Å². The van der Waals surface area contributed by atoms with Gasteiger partial charge in [0.1, 0.15) is 0 Å². The average molecular weight is 175 g/mol. The van der Waals surface area contributed by atoms with Gasteiger partial charge in [-0.25, -0.2) is 0 Å². The summed E-state index contributed by atoms with van der Waals surface area (Å²) in [5, 5.41) is 3.34. The molecule has 0 aliphatic carbocycles. The minimum Gasteiger partial charge on any atom is -0.316 e. The molecule has 0 atom stereocenters. The lowest BCUT2D eigenvalue weighted by Crippen LogP contribution is -2.51. The molecule has 0 saturated carbocycles. The third-order valence-electron chi connectivity index (χ3n) is 2.96. The van der Waals surface area contributed by atoms with Gasteiger partial charge in [0.25, 0.3) is 0 Å². The summed E-state index contributed by atoms with van der Waals surface area (Å²) in [6.07, 6.45) is 2.53. The van der Waals surface area contributed by atoms with Gasteiger partial charge >= 0.3 is 0 Å². The molecule has 1 aromatic carbocycles. The molecule has 1 N–H and O–H groups in total. The van der Waals surface area contributed by atoms with Crippen molar-refractivity contribution in [3.63, 3.8) is 0 Å². The zero-order valence-electron chi connectivity index (χ0n) is 8.22. The maximum Gasteiger partial charge on any atom is 0.00177 e. The van der Waals surface area contributed by atoms with Crippen LogP contribution in [0.5, 0.6) is 0 Å². The van der Waals surface area contributed by atoms with Gasteiger partial charge in [0.2, 0.25) is 0 Å². The Morgan fingerprint density at radius 2 is 1.92 bits per heavy atom. The van der Waals surface area contributed by atoms with E-state index in [1.807, 2.05) is 0 Å². The summed E-state index contributed by atoms with van der Waals surface area (Å²) in [4.78, 5) is 0. The molecule has 0 aromatic heterocycles. The fourth-order valence-corrected chi connectivity index (χ4v) is 1.82. The molecule has 1 fully saturated rings. The lowest BCUT2D eigenvalue weighted by molar-refractivity contribution is 0.180. The smallest absolute Gasteiger partial charge is 0.00177 e. The van der Waals surface area contributed by atoms with E-state index in [0.717, 1.165) is 0 Å². The molecule has 0 amide bonds. The van der Waals surface area contributed by atoms with Crippen molar-refractivity contribution in [2.45, 2.75) is 19.8 Å². The first kappa shape index (κ1) is 8.76. The Balaban J connectivity index is 1.86. The van der Waals surface area contributed by atoms with Crippen LogP contribution in [-0.4, -0.2) is 13.1 Å². The van der Waals surface area contributed by atoms with Crippen LogP contribution in [0.25, 0.3) is 0 Å². The predicted octanol–water partition coefficient (Wildman–Crippen LogP) is 2.23. The lowest BCUT2D eigenvalue weighted by Gasteiger charge is -2.39.